The van der Waals surface area contributed by atoms with Crippen molar-refractivity contribution < 1.29 is 4.32 Å². The molecule has 0 bridgehead atoms. The minimum absolute atomic E-state index is 0.131. The van der Waals surface area contributed by atoms with Gasteiger partial charge in [-0.25, -0.2) is 0 Å². The molecule has 0 heterocycles. The highest BCUT2D eigenvalue weighted by Crippen LogP contribution is 2.41. The van der Waals surface area contributed by atoms with Crippen molar-refractivity contribution in [2.75, 3.05) is 19.6 Å². The van der Waals surface area contributed by atoms with Crippen LogP contribution >= 0.6 is 15.9 Å². The van der Waals surface area contributed by atoms with Crippen molar-refractivity contribution in [1.29, 1.82) is 0 Å². The van der Waals surface area contributed by atoms with Crippen molar-refractivity contribution in [2.45, 2.75) is 83.1 Å². The first kappa shape index (κ1) is 72.6. The lowest BCUT2D eigenvalue weighted by molar-refractivity contribution is 0.862. The maximum absolute atomic E-state index is 15.2. The van der Waals surface area contributed by atoms with Gasteiger partial charge in [0.15, 0.2) is 0 Å². The summed E-state index contributed by atoms with van der Waals surface area (Å²) >= 11 is 3.55. The molecular weight excluding hydrogens is 1330 g/mol. The average molecular weight is 1420 g/mol. The molecule has 4 nitrogen and oxygen atoms in total. The summed E-state index contributed by atoms with van der Waals surface area (Å²) in [5, 5.41) is 0. The smallest absolute Gasteiger partial charge is 0.322 e. The Bertz CT molecular complexity index is 4880. The number of nitrogens with zero attached hydrogens (tertiary/aromatic N) is 4. The minimum atomic E-state index is -1.05. The zero-order valence-electron chi connectivity index (χ0n) is 61.9. The van der Waals surface area contributed by atoms with Gasteiger partial charge in [-0.05, 0) is 252 Å². The molecule has 0 saturated carbocycles. The number of halogens is 2. The molecule has 104 heavy (non-hydrogen) atoms. The lowest BCUT2D eigenvalue weighted by Gasteiger charge is -2.29. The van der Waals surface area contributed by atoms with E-state index < -0.39 is 6.99 Å². The first-order valence-corrected chi connectivity index (χ1v) is 36.7. The number of para-hydroxylation sites is 6. The second kappa shape index (κ2) is 33.3. The van der Waals surface area contributed by atoms with E-state index in [1.54, 1.807) is 0 Å². The van der Waals surface area contributed by atoms with Gasteiger partial charge in [0.05, 0.1) is 0 Å². The predicted octanol–water partition coefficient (Wildman–Crippen LogP) is 24.0. The van der Waals surface area contributed by atoms with Gasteiger partial charge in [0.2, 0.25) is 6.71 Å². The van der Waals surface area contributed by atoms with E-state index >= 15 is 4.32 Å². The Balaban J connectivity index is 0.000000163. The van der Waals surface area contributed by atoms with Gasteiger partial charge in [0, 0.05) is 72.7 Å². The van der Waals surface area contributed by atoms with Gasteiger partial charge < -0.3 is 23.9 Å². The summed E-state index contributed by atoms with van der Waals surface area (Å²) in [6, 6.07) is 116. The highest BCUT2D eigenvalue weighted by atomic mass is 79.9. The third-order valence-electron chi connectivity index (χ3n) is 19.4. The predicted molar refractivity (Wildman–Crippen MR) is 453 cm³/mol. The molecule has 8 heteroatoms. The molecule has 0 N–H and O–H groups in total. The Kier molecular flexibility index (Phi) is 23.2. The Morgan fingerprint density at radius 1 is 0.212 bits per heavy atom. The molecule has 14 aromatic carbocycles. The molecule has 0 aliphatic carbocycles. The summed E-state index contributed by atoms with van der Waals surface area (Å²) in [7, 11) is 0. The third kappa shape index (κ3) is 16.8. The highest BCUT2D eigenvalue weighted by Gasteiger charge is 2.30. The number of aryl methyl sites for hydroxylation is 12. The summed E-state index contributed by atoms with van der Waals surface area (Å²) in [5.41, 5.74) is 33.7. The summed E-state index contributed by atoms with van der Waals surface area (Å²) in [6.45, 7) is 24.7. The topological polar surface area (TPSA) is 13.0 Å². The molecule has 0 amide bonds. The number of rotatable bonds is 17. The lowest BCUT2D eigenvalue weighted by atomic mass is 9.34. The monoisotopic (exact) mass is 1420 g/mol. The second-order valence-corrected chi connectivity index (χ2v) is 28.4. The van der Waals surface area contributed by atoms with Crippen molar-refractivity contribution in [2.24, 2.45) is 0 Å². The Hall–Kier alpha value is -11.2. The van der Waals surface area contributed by atoms with Crippen LogP contribution in [-0.2, 0) is 0 Å². The van der Waals surface area contributed by atoms with Crippen molar-refractivity contribution in [3.8, 4) is 0 Å². The van der Waals surface area contributed by atoms with E-state index in [1.807, 2.05) is 45.9 Å². The maximum Gasteiger partial charge on any atom is 0.414 e. The van der Waals surface area contributed by atoms with Crippen LogP contribution in [0.1, 0.15) is 66.8 Å². The van der Waals surface area contributed by atoms with E-state index in [4.69, 9.17) is 0 Å². The van der Waals surface area contributed by atoms with Crippen molar-refractivity contribution in [3.05, 3.63) is 399 Å². The van der Waals surface area contributed by atoms with Crippen LogP contribution in [-0.4, -0.2) is 13.7 Å². The van der Waals surface area contributed by atoms with E-state index in [2.05, 4.69) is 400 Å². The molecule has 0 aromatic heterocycles. The fourth-order valence-corrected chi connectivity index (χ4v) is 15.5. The molecule has 0 unspecified atom stereocenters. The minimum Gasteiger partial charge on any atom is -0.322 e. The quantitative estimate of drug-likeness (QED) is 0.0843. The maximum atomic E-state index is 15.2. The molecule has 0 saturated heterocycles. The van der Waals surface area contributed by atoms with Crippen molar-refractivity contribution in [1.82, 2.24) is 0 Å². The van der Waals surface area contributed by atoms with E-state index in [0.717, 1.165) is 106 Å². The largest absolute Gasteiger partial charge is 0.414 e. The van der Waals surface area contributed by atoms with Gasteiger partial charge in [-0.15, -0.1) is 0 Å². The number of hydrogen-bond donors (Lipinski definition) is 0. The third-order valence-corrected chi connectivity index (χ3v) is 20.0. The fourth-order valence-electron chi connectivity index (χ4n) is 15.3. The number of hydrogen-bond acceptors (Lipinski definition) is 4. The highest BCUT2D eigenvalue weighted by molar-refractivity contribution is 9.10. The Morgan fingerprint density at radius 3 is 0.577 bits per heavy atom. The standard InChI is InChI=1S/C48H45BN2.C30H23BrN2.C18H22BF/c1-34-30-36(3)47(37(4)31-34)49(48-38(5)32-35(2)33-39(48)6)40-22-24-44(25-23-40)51(43-20-14-9-15-21-43)46-28-26-45(27-29-46)50(41-16-10-7-11-17-41)42-18-12-8-13-19-42;31-24-16-18-28(19-17-24)33(27-14-8-3-9-15-27)30-22-20-29(21-23-30)32(25-10-4-1-5-11-25)26-12-6-2-7-13-26;1-11-7-13(3)17(14(4)8-11)19(20)18-15(5)9-12(2)10-16(18)6/h7-33H,1-6H3;1-23H;7-10H,1-6H3. The van der Waals surface area contributed by atoms with Gasteiger partial charge >= 0.3 is 6.99 Å². The average Bonchev–Trinajstić information content (AvgIpc) is 0.773. The molecule has 0 atom stereocenters. The summed E-state index contributed by atoms with van der Waals surface area (Å²) in [5.74, 6) is 0. The van der Waals surface area contributed by atoms with Gasteiger partial charge in [0.25, 0.3) is 0 Å². The van der Waals surface area contributed by atoms with Crippen LogP contribution in [0.2, 0.25) is 0 Å². The van der Waals surface area contributed by atoms with Crippen LogP contribution in [0.5, 0.6) is 0 Å². The van der Waals surface area contributed by atoms with E-state index in [9.17, 15) is 0 Å². The first-order chi connectivity index (χ1) is 50.4. The van der Waals surface area contributed by atoms with E-state index in [-0.39, 0.29) is 6.71 Å². The zero-order chi connectivity index (χ0) is 73.0. The van der Waals surface area contributed by atoms with Crippen LogP contribution in [0.25, 0.3) is 0 Å². The Labute approximate surface area is 626 Å². The van der Waals surface area contributed by atoms with E-state index in [0.29, 0.717) is 0 Å². The molecule has 514 valence electrons. The van der Waals surface area contributed by atoms with Gasteiger partial charge in [-0.3, -0.25) is 0 Å². The van der Waals surface area contributed by atoms with Gasteiger partial charge in [-0.1, -0.05) is 269 Å². The van der Waals surface area contributed by atoms with Crippen LogP contribution in [0.4, 0.5) is 72.6 Å². The van der Waals surface area contributed by atoms with Gasteiger partial charge in [-0.2, -0.15) is 0 Å². The SMILES string of the molecule is Brc1ccc(N(c2ccccc2)c2ccc(N(c3ccccc3)c3ccccc3)cc2)cc1.Cc1cc(C)c(B(F)c2c(C)cc(C)cc2C)c(C)c1.Cc1cc(C)c(B(c2ccc(N(c3ccccc3)c3ccc(N(c4ccccc4)c4ccccc4)cc3)cc2)c2c(C)cc(C)cc2C)c(C)c1. The molecule has 0 fully saturated rings. The van der Waals surface area contributed by atoms with Crippen LogP contribution in [0.3, 0.4) is 0 Å². The van der Waals surface area contributed by atoms with Gasteiger partial charge in [0.1, 0.15) is 0 Å². The molecular formula is C96H90B2BrFN4. The summed E-state index contributed by atoms with van der Waals surface area (Å²) in [6.07, 6.45) is 0. The van der Waals surface area contributed by atoms with Crippen LogP contribution in [0, 0.1) is 83.1 Å². The molecule has 14 rings (SSSR count). The summed E-state index contributed by atoms with van der Waals surface area (Å²) in [4.78, 5) is 9.19. The van der Waals surface area contributed by atoms with E-state index in [1.165, 1.54) is 60.9 Å². The van der Waals surface area contributed by atoms with Crippen LogP contribution in [0.15, 0.2) is 332 Å². The molecule has 0 spiro atoms. The lowest BCUT2D eigenvalue weighted by Crippen LogP contribution is -2.55. The van der Waals surface area contributed by atoms with Crippen molar-refractivity contribution >= 4 is 125 Å². The van der Waals surface area contributed by atoms with Crippen molar-refractivity contribution in [3.63, 3.8) is 0 Å². The number of benzene rings is 14. The number of anilines is 12. The Morgan fingerprint density at radius 2 is 0.375 bits per heavy atom. The fraction of sp³-hybridized carbons (Fsp3) is 0.125. The summed E-state index contributed by atoms with van der Waals surface area (Å²) < 4.78 is 16.2. The first-order valence-electron chi connectivity index (χ1n) is 35.9. The normalized spacial score (nSPS) is 10.8. The second-order valence-electron chi connectivity index (χ2n) is 27.5. The molecule has 14 aromatic rings. The zero-order valence-corrected chi connectivity index (χ0v) is 63.5. The molecule has 0 aliphatic heterocycles. The molecule has 0 radical (unpaired) electrons. The molecule has 0 aliphatic rings. The van der Waals surface area contributed by atoms with Crippen LogP contribution < -0.4 is 46.9 Å².